The number of hydrogen-bond acceptors (Lipinski definition) is 10. The molecule has 0 bridgehead atoms. The van der Waals surface area contributed by atoms with Crippen LogP contribution in [0, 0.1) is 10.1 Å². The monoisotopic (exact) mass is 474 g/mol. The maximum atomic E-state index is 12.0. The number of piperazine rings is 1. The first-order valence-electron chi connectivity index (χ1n) is 11.2. The Labute approximate surface area is 199 Å². The number of nitro groups is 1. The molecule has 5 rings (SSSR count). The van der Waals surface area contributed by atoms with Crippen molar-refractivity contribution < 1.29 is 14.1 Å². The average Bonchev–Trinajstić information content (AvgIpc) is 2.88. The van der Waals surface area contributed by atoms with Crippen LogP contribution in [0.5, 0.6) is 11.6 Å². The third-order valence-electron chi connectivity index (χ3n) is 5.90. The number of benzene rings is 1. The zero-order chi connectivity index (χ0) is 24.4. The zero-order valence-corrected chi connectivity index (χ0v) is 19.0. The summed E-state index contributed by atoms with van der Waals surface area (Å²) in [6, 6.07) is 12.1. The van der Waals surface area contributed by atoms with Crippen LogP contribution in [0.3, 0.4) is 0 Å². The Bertz CT molecular complexity index is 1430. The fourth-order valence-electron chi connectivity index (χ4n) is 4.19. The maximum absolute atomic E-state index is 12.0. The highest BCUT2D eigenvalue weighted by atomic mass is 16.6. The van der Waals surface area contributed by atoms with Crippen molar-refractivity contribution in [2.45, 2.75) is 13.3 Å². The lowest BCUT2D eigenvalue weighted by atomic mass is 10.1. The molecule has 0 amide bonds. The second kappa shape index (κ2) is 9.37. The minimum absolute atomic E-state index is 0.180. The molecule has 35 heavy (non-hydrogen) atoms. The molecule has 0 spiro atoms. The van der Waals surface area contributed by atoms with Gasteiger partial charge < -0.3 is 19.0 Å². The van der Waals surface area contributed by atoms with Gasteiger partial charge in [0.1, 0.15) is 23.5 Å². The van der Waals surface area contributed by atoms with Gasteiger partial charge in [-0.05, 0) is 36.2 Å². The number of anilines is 2. The first-order valence-corrected chi connectivity index (χ1v) is 11.2. The number of fused-ring (bicyclic) bond motifs is 1. The summed E-state index contributed by atoms with van der Waals surface area (Å²) in [5.41, 5.74) is 0.409. The molecule has 0 N–H and O–H groups in total. The van der Waals surface area contributed by atoms with Crippen LogP contribution in [-0.4, -0.2) is 46.1 Å². The third kappa shape index (κ3) is 4.47. The molecule has 1 aliphatic rings. The van der Waals surface area contributed by atoms with Gasteiger partial charge in [0.15, 0.2) is 0 Å². The minimum atomic E-state index is -0.536. The van der Waals surface area contributed by atoms with Crippen LogP contribution in [0.15, 0.2) is 64.2 Å². The van der Waals surface area contributed by atoms with Gasteiger partial charge in [-0.3, -0.25) is 10.1 Å². The average molecular weight is 474 g/mol. The maximum Gasteiger partial charge on any atom is 0.373 e. The number of hydrogen-bond donors (Lipinski definition) is 0. The first kappa shape index (κ1) is 22.3. The molecular formula is C24H22N6O5. The molecule has 4 heterocycles. The van der Waals surface area contributed by atoms with Gasteiger partial charge in [-0.1, -0.05) is 13.0 Å². The molecule has 178 valence electrons. The van der Waals surface area contributed by atoms with E-state index in [1.165, 1.54) is 18.5 Å². The Balaban J connectivity index is 1.42. The second-order valence-corrected chi connectivity index (χ2v) is 7.97. The second-order valence-electron chi connectivity index (χ2n) is 7.97. The molecule has 3 aromatic heterocycles. The zero-order valence-electron chi connectivity index (χ0n) is 19.0. The number of ether oxygens (including phenoxy) is 1. The summed E-state index contributed by atoms with van der Waals surface area (Å²) in [7, 11) is 0. The van der Waals surface area contributed by atoms with Gasteiger partial charge in [0, 0.05) is 49.9 Å². The highest BCUT2D eigenvalue weighted by Crippen LogP contribution is 2.37. The van der Waals surface area contributed by atoms with Crippen LogP contribution >= 0.6 is 0 Å². The van der Waals surface area contributed by atoms with E-state index in [1.807, 2.05) is 30.0 Å². The summed E-state index contributed by atoms with van der Waals surface area (Å²) in [4.78, 5) is 40.0. The smallest absolute Gasteiger partial charge is 0.373 e. The number of aryl methyl sites for hydroxylation is 1. The van der Waals surface area contributed by atoms with Gasteiger partial charge in [0.05, 0.1) is 4.92 Å². The Morgan fingerprint density at radius 1 is 1.06 bits per heavy atom. The van der Waals surface area contributed by atoms with Gasteiger partial charge in [0.25, 0.3) is 0 Å². The molecule has 11 heteroatoms. The molecular weight excluding hydrogens is 452 g/mol. The van der Waals surface area contributed by atoms with Crippen LogP contribution in [0.4, 0.5) is 17.3 Å². The molecule has 0 aliphatic carbocycles. The number of pyridine rings is 1. The minimum Gasteiger partial charge on any atom is -0.433 e. The van der Waals surface area contributed by atoms with Crippen LogP contribution in [0.1, 0.15) is 12.5 Å². The molecule has 1 saturated heterocycles. The van der Waals surface area contributed by atoms with Crippen molar-refractivity contribution in [3.05, 3.63) is 81.1 Å². The highest BCUT2D eigenvalue weighted by molar-refractivity contribution is 5.81. The van der Waals surface area contributed by atoms with Crippen LogP contribution in [0.25, 0.3) is 11.0 Å². The first-order chi connectivity index (χ1) is 17.0. The molecule has 0 saturated carbocycles. The van der Waals surface area contributed by atoms with Gasteiger partial charge in [-0.15, -0.1) is 0 Å². The van der Waals surface area contributed by atoms with E-state index in [4.69, 9.17) is 9.15 Å². The fourth-order valence-corrected chi connectivity index (χ4v) is 4.19. The fraction of sp³-hybridized carbons (Fsp3) is 0.250. The van der Waals surface area contributed by atoms with Crippen molar-refractivity contribution in [1.82, 2.24) is 15.0 Å². The topological polar surface area (TPSA) is 128 Å². The van der Waals surface area contributed by atoms with Gasteiger partial charge in [-0.25, -0.2) is 14.8 Å². The number of nitrogens with zero attached hydrogens (tertiary/aromatic N) is 6. The van der Waals surface area contributed by atoms with Crippen LogP contribution in [-0.2, 0) is 6.42 Å². The van der Waals surface area contributed by atoms with E-state index in [0.29, 0.717) is 38.2 Å². The third-order valence-corrected chi connectivity index (χ3v) is 5.90. The van der Waals surface area contributed by atoms with Crippen molar-refractivity contribution in [1.29, 1.82) is 0 Å². The Hall–Kier alpha value is -4.54. The Morgan fingerprint density at radius 2 is 1.86 bits per heavy atom. The molecule has 1 aliphatic heterocycles. The van der Waals surface area contributed by atoms with E-state index in [1.54, 1.807) is 18.3 Å². The largest absolute Gasteiger partial charge is 0.433 e. The Morgan fingerprint density at radius 3 is 2.57 bits per heavy atom. The van der Waals surface area contributed by atoms with Crippen LogP contribution in [0.2, 0.25) is 0 Å². The van der Waals surface area contributed by atoms with E-state index in [2.05, 4.69) is 19.9 Å². The lowest BCUT2D eigenvalue weighted by Crippen LogP contribution is -2.47. The normalized spacial score (nSPS) is 13.7. The van der Waals surface area contributed by atoms with E-state index in [9.17, 15) is 14.9 Å². The van der Waals surface area contributed by atoms with Crippen molar-refractivity contribution >= 4 is 28.3 Å². The predicted octanol–water partition coefficient (Wildman–Crippen LogP) is 3.57. The SMILES string of the molecule is CCc1cc(=O)oc2cc(Oc3ncnc(N4CCN(c5ccccn5)CC4)c3[N+](=O)[O-])ccc12. The summed E-state index contributed by atoms with van der Waals surface area (Å²) in [5.74, 6) is 1.14. The summed E-state index contributed by atoms with van der Waals surface area (Å²) in [5, 5.41) is 12.8. The molecule has 1 fully saturated rings. The predicted molar refractivity (Wildman–Crippen MR) is 129 cm³/mol. The van der Waals surface area contributed by atoms with E-state index < -0.39 is 10.5 Å². The summed E-state index contributed by atoms with van der Waals surface area (Å²) < 4.78 is 11.1. The molecule has 0 unspecified atom stereocenters. The van der Waals surface area contributed by atoms with Crippen molar-refractivity contribution in [2.24, 2.45) is 0 Å². The van der Waals surface area contributed by atoms with E-state index in [0.717, 1.165) is 16.8 Å². The number of rotatable bonds is 6. The molecule has 0 radical (unpaired) electrons. The Kier molecular flexibility index (Phi) is 5.96. The van der Waals surface area contributed by atoms with Crippen LogP contribution < -0.4 is 20.2 Å². The van der Waals surface area contributed by atoms with Crippen molar-refractivity contribution in [3.63, 3.8) is 0 Å². The van der Waals surface area contributed by atoms with Gasteiger partial charge >= 0.3 is 17.2 Å². The highest BCUT2D eigenvalue weighted by Gasteiger charge is 2.31. The lowest BCUT2D eigenvalue weighted by molar-refractivity contribution is -0.385. The lowest BCUT2D eigenvalue weighted by Gasteiger charge is -2.35. The molecule has 4 aromatic rings. The molecule has 11 nitrogen and oxygen atoms in total. The summed E-state index contributed by atoms with van der Waals surface area (Å²) in [6.07, 6.45) is 3.65. The van der Waals surface area contributed by atoms with Gasteiger partial charge in [0.2, 0.25) is 5.82 Å². The summed E-state index contributed by atoms with van der Waals surface area (Å²) >= 11 is 0. The van der Waals surface area contributed by atoms with E-state index >= 15 is 0 Å². The standard InChI is InChI=1S/C24H22N6O5/c1-2-16-13-21(31)35-19-14-17(6-7-18(16)19)34-24-22(30(32)33)23(26-15-27-24)29-11-9-28(10-12-29)20-5-3-4-8-25-20/h3-8,13-15H,2,9-12H2,1H3. The quantitative estimate of drug-likeness (QED) is 0.232. The number of aromatic nitrogens is 3. The van der Waals surface area contributed by atoms with Gasteiger partial charge in [-0.2, -0.15) is 4.98 Å². The summed E-state index contributed by atoms with van der Waals surface area (Å²) in [6.45, 7) is 4.26. The van der Waals surface area contributed by atoms with Crippen molar-refractivity contribution in [3.8, 4) is 11.6 Å². The molecule has 0 atom stereocenters. The molecule has 1 aromatic carbocycles. The van der Waals surface area contributed by atoms with Crippen molar-refractivity contribution in [2.75, 3.05) is 36.0 Å². The van der Waals surface area contributed by atoms with E-state index in [-0.39, 0.29) is 23.1 Å².